The van der Waals surface area contributed by atoms with E-state index in [1.54, 1.807) is 44.2 Å². The van der Waals surface area contributed by atoms with Crippen LogP contribution < -0.4 is 30.3 Å². The summed E-state index contributed by atoms with van der Waals surface area (Å²) in [4.78, 5) is 24.5. The van der Waals surface area contributed by atoms with Crippen LogP contribution >= 0.6 is 31.9 Å². The number of carbonyl (C=O) groups excluding carboxylic acids is 2. The molecule has 0 aliphatic carbocycles. The largest absolute Gasteiger partial charge is 0.490 e. The van der Waals surface area contributed by atoms with E-state index in [-0.39, 0.29) is 18.8 Å². The first-order chi connectivity index (χ1) is 19.2. The lowest BCUT2D eigenvalue weighted by Crippen LogP contribution is -2.45. The zero-order chi connectivity index (χ0) is 29.2. The Bertz CT molecular complexity index is 1360. The third kappa shape index (κ3) is 7.87. The second kappa shape index (κ2) is 14.5. The zero-order valence-corrected chi connectivity index (χ0v) is 25.0. The minimum atomic E-state index is -1.19. The van der Waals surface area contributed by atoms with E-state index in [1.165, 1.54) is 13.3 Å². The van der Waals surface area contributed by atoms with Crippen LogP contribution in [0.4, 0.5) is 4.79 Å². The van der Waals surface area contributed by atoms with Gasteiger partial charge in [-0.15, -0.1) is 0 Å². The van der Waals surface area contributed by atoms with E-state index in [2.05, 4.69) is 53.0 Å². The summed E-state index contributed by atoms with van der Waals surface area (Å²) >= 11 is 6.79. The van der Waals surface area contributed by atoms with E-state index < -0.39 is 24.3 Å². The van der Waals surface area contributed by atoms with Crippen molar-refractivity contribution in [3.63, 3.8) is 0 Å². The normalized spacial score (nSPS) is 15.5. The molecule has 0 saturated carbocycles. The summed E-state index contributed by atoms with van der Waals surface area (Å²) < 4.78 is 23.2. The number of hydrogen-bond acceptors (Lipinski definition) is 10. The maximum absolute atomic E-state index is 12.4. The number of rotatable bonds is 12. The van der Waals surface area contributed by atoms with E-state index in [9.17, 15) is 14.7 Å². The van der Waals surface area contributed by atoms with E-state index in [0.717, 1.165) is 4.47 Å². The first kappa shape index (κ1) is 30.7. The molecule has 212 valence electrons. The highest BCUT2D eigenvalue weighted by Gasteiger charge is 2.32. The third-order valence-corrected chi connectivity index (χ3v) is 6.46. The Labute approximate surface area is 247 Å². The maximum Gasteiger partial charge on any atom is 0.337 e. The quantitative estimate of drug-likeness (QED) is 0.113. The third-order valence-electron chi connectivity index (χ3n) is 5.42. The van der Waals surface area contributed by atoms with Gasteiger partial charge in [-0.3, -0.25) is 5.43 Å². The molecule has 1 heterocycles. The van der Waals surface area contributed by atoms with Gasteiger partial charge in [0.05, 0.1) is 36.0 Å². The predicted octanol–water partition coefficient (Wildman–Crippen LogP) is 3.63. The summed E-state index contributed by atoms with van der Waals surface area (Å²) in [6.45, 7) is 3.40. The smallest absolute Gasteiger partial charge is 0.337 e. The number of allylic oxidation sites excluding steroid dienone is 1. The topological polar surface area (TPSA) is 164 Å². The van der Waals surface area contributed by atoms with Crippen molar-refractivity contribution in [2.24, 2.45) is 5.10 Å². The molecule has 0 bridgehead atoms. The lowest BCUT2D eigenvalue weighted by Gasteiger charge is -2.28. The molecule has 14 heteroatoms. The summed E-state index contributed by atoms with van der Waals surface area (Å²) in [6, 6.07) is 9.15. The average molecular weight is 681 g/mol. The van der Waals surface area contributed by atoms with E-state index in [0.29, 0.717) is 45.2 Å². The lowest BCUT2D eigenvalue weighted by atomic mass is 9.95. The van der Waals surface area contributed by atoms with Gasteiger partial charge in [0.25, 0.3) is 0 Å². The van der Waals surface area contributed by atoms with Crippen molar-refractivity contribution in [3.8, 4) is 23.3 Å². The minimum absolute atomic E-state index is 0.143. The van der Waals surface area contributed by atoms with E-state index in [4.69, 9.17) is 24.2 Å². The Morgan fingerprint density at radius 3 is 2.73 bits per heavy atom. The van der Waals surface area contributed by atoms with Crippen LogP contribution in [0.3, 0.4) is 0 Å². The van der Waals surface area contributed by atoms with Crippen molar-refractivity contribution in [3.05, 3.63) is 61.7 Å². The molecule has 1 aliphatic rings. The van der Waals surface area contributed by atoms with E-state index in [1.807, 2.05) is 6.07 Å². The number of benzene rings is 2. The molecule has 0 radical (unpaired) electrons. The van der Waals surface area contributed by atoms with Crippen molar-refractivity contribution in [1.82, 2.24) is 16.1 Å². The number of ether oxygens (including phenoxy) is 4. The van der Waals surface area contributed by atoms with Crippen molar-refractivity contribution < 1.29 is 33.6 Å². The molecule has 0 fully saturated rings. The number of nitrogens with one attached hydrogen (secondary N) is 3. The number of hydrogen-bond donors (Lipinski definition) is 4. The van der Waals surface area contributed by atoms with Gasteiger partial charge in [0.15, 0.2) is 24.3 Å². The number of nitriles is 1. The highest BCUT2D eigenvalue weighted by atomic mass is 79.9. The summed E-state index contributed by atoms with van der Waals surface area (Å²) in [6.07, 6.45) is 0.248. The fourth-order valence-corrected chi connectivity index (χ4v) is 5.12. The second-order valence-corrected chi connectivity index (χ2v) is 9.94. The van der Waals surface area contributed by atoms with Crippen molar-refractivity contribution in [2.45, 2.75) is 26.1 Å². The summed E-state index contributed by atoms with van der Waals surface area (Å²) in [5.74, 6) is 0.526. The fourth-order valence-electron chi connectivity index (χ4n) is 3.75. The van der Waals surface area contributed by atoms with Crippen LogP contribution in [0.2, 0.25) is 0 Å². The summed E-state index contributed by atoms with van der Waals surface area (Å²) in [5, 5.41) is 28.5. The van der Waals surface area contributed by atoms with Gasteiger partial charge in [-0.05, 0) is 59.6 Å². The molecular formula is C26H27Br2N5O7. The number of esters is 1. The highest BCUT2D eigenvalue weighted by molar-refractivity contribution is 9.11. The van der Waals surface area contributed by atoms with Crippen molar-refractivity contribution in [1.29, 1.82) is 5.26 Å². The Morgan fingerprint density at radius 2 is 2.02 bits per heavy atom. The first-order valence-electron chi connectivity index (χ1n) is 11.9. The number of methoxy groups -OCH3 is 1. The molecule has 0 unspecified atom stereocenters. The minimum Gasteiger partial charge on any atom is -0.490 e. The number of amides is 2. The second-order valence-electron chi connectivity index (χ2n) is 8.17. The van der Waals surface area contributed by atoms with Gasteiger partial charge in [0.2, 0.25) is 0 Å². The van der Waals surface area contributed by atoms with Crippen molar-refractivity contribution in [2.75, 3.05) is 26.9 Å². The molecule has 40 heavy (non-hydrogen) atoms. The molecular weight excluding hydrogens is 654 g/mol. The number of carbonyl (C=O) groups is 2. The van der Waals surface area contributed by atoms with Crippen molar-refractivity contribution >= 4 is 50.1 Å². The highest BCUT2D eigenvalue weighted by Crippen LogP contribution is 2.35. The zero-order valence-electron chi connectivity index (χ0n) is 21.8. The Morgan fingerprint density at radius 1 is 1.25 bits per heavy atom. The Balaban J connectivity index is 1.72. The van der Waals surface area contributed by atoms with Gasteiger partial charge in [-0.2, -0.15) is 10.4 Å². The van der Waals surface area contributed by atoms with Gasteiger partial charge >= 0.3 is 12.0 Å². The standard InChI is InChI=1S/C26H27Br2N5O7/c1-4-38-20-10-15(23-22(25(35)37-3)14(2)31-26(36)32-23)5-6-19(20)40-13-21(34)33-30-12-16-9-17(27)11-18(28)24(16)39-8-7-29/h5-6,9-12,21,23,33-34H,4,8,13H2,1-3H3,(H2,31,32,36)/b30-12+/t21-,23+/m1/s1. The molecule has 1 aliphatic heterocycles. The van der Waals surface area contributed by atoms with Crippen LogP contribution in [0.25, 0.3) is 0 Å². The van der Waals surface area contributed by atoms with Crippen LogP contribution in [0.1, 0.15) is 31.0 Å². The van der Waals surface area contributed by atoms with Gasteiger partial charge in [0, 0.05) is 15.7 Å². The molecule has 4 N–H and O–H groups in total. The maximum atomic E-state index is 12.4. The number of urea groups is 1. The molecule has 0 aromatic heterocycles. The number of aliphatic hydroxyl groups is 1. The summed E-state index contributed by atoms with van der Waals surface area (Å²) in [7, 11) is 1.27. The number of hydrazone groups is 1. The molecule has 12 nitrogen and oxygen atoms in total. The molecule has 2 amide bonds. The van der Waals surface area contributed by atoms with Crippen LogP contribution in [0, 0.1) is 11.3 Å². The van der Waals surface area contributed by atoms with E-state index >= 15 is 0 Å². The molecule has 2 aromatic carbocycles. The first-order valence-corrected chi connectivity index (χ1v) is 13.5. The molecule has 0 spiro atoms. The fraction of sp³-hybridized carbons (Fsp3) is 0.308. The molecule has 2 aromatic rings. The van der Waals surface area contributed by atoms with Gasteiger partial charge in [-0.25, -0.2) is 9.59 Å². The van der Waals surface area contributed by atoms with Gasteiger partial charge in [-0.1, -0.05) is 22.0 Å². The number of halogens is 2. The van der Waals surface area contributed by atoms with Gasteiger partial charge in [0.1, 0.15) is 18.4 Å². The average Bonchev–Trinajstić information content (AvgIpc) is 2.91. The Hall–Kier alpha value is -3.80. The number of aliphatic hydroxyl groups excluding tert-OH is 1. The number of nitrogens with zero attached hydrogens (tertiary/aromatic N) is 2. The van der Waals surface area contributed by atoms with Crippen LogP contribution in [-0.2, 0) is 9.53 Å². The lowest BCUT2D eigenvalue weighted by molar-refractivity contribution is -0.136. The monoisotopic (exact) mass is 679 g/mol. The van der Waals surface area contributed by atoms with Crippen LogP contribution in [-0.4, -0.2) is 56.5 Å². The van der Waals surface area contributed by atoms with Crippen LogP contribution in [0.5, 0.6) is 17.2 Å². The van der Waals surface area contributed by atoms with Gasteiger partial charge < -0.3 is 34.7 Å². The molecule has 2 atom stereocenters. The summed E-state index contributed by atoms with van der Waals surface area (Å²) in [5.41, 5.74) is 4.34. The Kier molecular flexibility index (Phi) is 11.2. The molecule has 0 saturated heterocycles. The van der Waals surface area contributed by atoms with Crippen LogP contribution in [0.15, 0.2) is 55.6 Å². The predicted molar refractivity (Wildman–Crippen MR) is 152 cm³/mol. The molecule has 3 rings (SSSR count). The SMILES string of the molecule is CCOc1cc([C@@H]2NC(=O)NC(C)=C2C(=O)OC)ccc1OC[C@@H](O)N/N=C/c1cc(Br)cc(Br)c1OCC#N.